The van der Waals surface area contributed by atoms with E-state index < -0.39 is 17.9 Å². The lowest BCUT2D eigenvalue weighted by Gasteiger charge is -2.25. The molecular formula is C16H24N2O5. The van der Waals surface area contributed by atoms with Crippen LogP contribution in [0.4, 0.5) is 4.79 Å². The number of nitrogens with one attached hydrogen (secondary N) is 1. The molecule has 0 saturated heterocycles. The van der Waals surface area contributed by atoms with Crippen LogP contribution in [0.15, 0.2) is 24.3 Å². The van der Waals surface area contributed by atoms with E-state index >= 15 is 0 Å². The van der Waals surface area contributed by atoms with E-state index in [1.165, 1.54) is 5.56 Å². The lowest BCUT2D eigenvalue weighted by Crippen LogP contribution is -2.30. The minimum absolute atomic E-state index is 0.373. The van der Waals surface area contributed by atoms with E-state index in [4.69, 9.17) is 4.74 Å². The van der Waals surface area contributed by atoms with Crippen molar-refractivity contribution in [3.05, 3.63) is 39.9 Å². The van der Waals surface area contributed by atoms with Crippen LogP contribution in [0, 0.1) is 27.9 Å². The second kappa shape index (κ2) is 8.97. The van der Waals surface area contributed by atoms with Gasteiger partial charge in [-0.25, -0.2) is 4.79 Å². The monoisotopic (exact) mass is 324 g/mol. The van der Waals surface area contributed by atoms with Crippen LogP contribution in [0.1, 0.15) is 33.3 Å². The second-order valence-electron chi connectivity index (χ2n) is 6.06. The molecule has 0 spiro atoms. The summed E-state index contributed by atoms with van der Waals surface area (Å²) in [4.78, 5) is 25.3. The van der Waals surface area contributed by atoms with Gasteiger partial charge in [0.15, 0.2) is 6.73 Å². The summed E-state index contributed by atoms with van der Waals surface area (Å²) < 4.78 is 5.00. The molecule has 0 aliphatic carbocycles. The number of nitrogens with zero attached hydrogens (tertiary/aromatic N) is 1. The Bertz CT molecular complexity index is 506. The summed E-state index contributed by atoms with van der Waals surface area (Å²) in [6.07, 6.45) is 0.167. The smallest absolute Gasteiger partial charge is 0.410 e. The summed E-state index contributed by atoms with van der Waals surface area (Å²) in [6.45, 7) is 8.34. The van der Waals surface area contributed by atoms with Gasteiger partial charge in [-0.1, -0.05) is 39.8 Å². The van der Waals surface area contributed by atoms with Gasteiger partial charge in [-0.2, -0.15) is 0 Å². The molecule has 0 heterocycles. The van der Waals surface area contributed by atoms with Crippen molar-refractivity contribution in [2.24, 2.45) is 17.8 Å². The van der Waals surface area contributed by atoms with Crippen LogP contribution in [0.3, 0.4) is 0 Å². The molecule has 0 saturated carbocycles. The first-order chi connectivity index (χ1) is 10.8. The average Bonchev–Trinajstić information content (AvgIpc) is 2.45. The van der Waals surface area contributed by atoms with Gasteiger partial charge in [-0.15, -0.1) is 10.1 Å². The minimum atomic E-state index is -0.991. The summed E-state index contributed by atoms with van der Waals surface area (Å²) >= 11 is 0. The molecule has 128 valence electrons. The maximum atomic E-state index is 11.4. The summed E-state index contributed by atoms with van der Waals surface area (Å²) in [5, 5.41) is 11.1. The highest BCUT2D eigenvalue weighted by Crippen LogP contribution is 2.25. The number of rotatable bonds is 8. The topological polar surface area (TPSA) is 90.7 Å². The fourth-order valence-corrected chi connectivity index (χ4v) is 2.49. The zero-order chi connectivity index (χ0) is 17.4. The molecule has 23 heavy (non-hydrogen) atoms. The third kappa shape index (κ3) is 6.99. The van der Waals surface area contributed by atoms with Gasteiger partial charge in [0.05, 0.1) is 0 Å². The molecule has 1 amide bonds. The molecule has 0 unspecified atom stereocenters. The summed E-state index contributed by atoms with van der Waals surface area (Å²) in [5.41, 5.74) is 1.18. The Balaban J connectivity index is 2.52. The first-order valence-electron chi connectivity index (χ1n) is 7.61. The van der Waals surface area contributed by atoms with Gasteiger partial charge in [0.1, 0.15) is 5.75 Å². The first-order valence-corrected chi connectivity index (χ1v) is 7.61. The molecule has 1 aromatic carbocycles. The van der Waals surface area contributed by atoms with E-state index in [9.17, 15) is 14.9 Å². The van der Waals surface area contributed by atoms with Crippen molar-refractivity contribution < 1.29 is 19.5 Å². The van der Waals surface area contributed by atoms with Gasteiger partial charge in [0, 0.05) is 0 Å². The van der Waals surface area contributed by atoms with Gasteiger partial charge in [0.2, 0.25) is 0 Å². The number of hydrogen-bond donors (Lipinski definition) is 1. The van der Waals surface area contributed by atoms with Crippen molar-refractivity contribution in [3.63, 3.8) is 0 Å². The van der Waals surface area contributed by atoms with E-state index in [2.05, 4.69) is 37.8 Å². The maximum absolute atomic E-state index is 11.4. The number of amides is 1. The fraction of sp³-hybridized carbons (Fsp3) is 0.562. The van der Waals surface area contributed by atoms with Crippen LogP contribution in [0.5, 0.6) is 5.75 Å². The van der Waals surface area contributed by atoms with Crippen molar-refractivity contribution in [2.75, 3.05) is 6.73 Å². The second-order valence-corrected chi connectivity index (χ2v) is 6.06. The molecule has 1 rings (SSSR count). The van der Waals surface area contributed by atoms with Crippen LogP contribution < -0.4 is 10.1 Å². The number of benzene rings is 1. The Labute approximate surface area is 136 Å². The minimum Gasteiger partial charge on any atom is -0.410 e. The number of ether oxygens (including phenoxy) is 1. The van der Waals surface area contributed by atoms with E-state index in [0.717, 1.165) is 6.42 Å². The van der Waals surface area contributed by atoms with Crippen LogP contribution in [0.2, 0.25) is 0 Å². The van der Waals surface area contributed by atoms with Gasteiger partial charge < -0.3 is 4.74 Å². The van der Waals surface area contributed by atoms with Crippen LogP contribution >= 0.6 is 0 Å². The third-order valence-electron chi connectivity index (χ3n) is 3.70. The molecule has 7 heteroatoms. The van der Waals surface area contributed by atoms with Crippen LogP contribution in [-0.2, 0) is 11.3 Å². The lowest BCUT2D eigenvalue weighted by molar-refractivity contribution is -0.758. The highest BCUT2D eigenvalue weighted by atomic mass is 17.0. The standard InChI is InChI=1S/C16H24N2O5/c1-11(2)15(12(3)4)9-13-5-7-14(8-6-13)23-16(19)17-10-22-18(20)21/h5-8,11-12,15H,9-10H2,1-4H3,(H,17,19). The van der Waals surface area contributed by atoms with Gasteiger partial charge in [0.25, 0.3) is 5.09 Å². The summed E-state index contributed by atoms with van der Waals surface area (Å²) in [5.74, 6) is 2.15. The summed E-state index contributed by atoms with van der Waals surface area (Å²) in [6, 6.07) is 7.27. The Morgan fingerprint density at radius 2 is 1.74 bits per heavy atom. The zero-order valence-corrected chi connectivity index (χ0v) is 13.9. The average molecular weight is 324 g/mol. The van der Waals surface area contributed by atoms with E-state index in [-0.39, 0.29) is 0 Å². The molecule has 0 aliphatic rings. The quantitative estimate of drug-likeness (QED) is 0.449. The first kappa shape index (κ1) is 18.7. The Morgan fingerprint density at radius 3 is 2.22 bits per heavy atom. The molecule has 1 N–H and O–H groups in total. The molecule has 0 aliphatic heterocycles. The van der Waals surface area contributed by atoms with Crippen molar-refractivity contribution in [2.45, 2.75) is 34.1 Å². The predicted octanol–water partition coefficient (Wildman–Crippen LogP) is 3.41. The molecule has 7 nitrogen and oxygen atoms in total. The lowest BCUT2D eigenvalue weighted by atomic mass is 9.81. The number of carbonyl (C=O) groups is 1. The molecule has 0 bridgehead atoms. The summed E-state index contributed by atoms with van der Waals surface area (Å²) in [7, 11) is 0. The largest absolute Gasteiger partial charge is 0.414 e. The van der Waals surface area contributed by atoms with Gasteiger partial charge >= 0.3 is 6.09 Å². The number of carbonyl (C=O) groups excluding carboxylic acids is 1. The van der Waals surface area contributed by atoms with Crippen LogP contribution in [-0.4, -0.2) is 17.9 Å². The maximum Gasteiger partial charge on any atom is 0.414 e. The van der Waals surface area contributed by atoms with Gasteiger partial charge in [-0.3, -0.25) is 10.2 Å². The predicted molar refractivity (Wildman–Crippen MR) is 85.4 cm³/mol. The Hall–Kier alpha value is -2.31. The van der Waals surface area contributed by atoms with Crippen molar-refractivity contribution >= 4 is 6.09 Å². The van der Waals surface area contributed by atoms with Crippen LogP contribution in [0.25, 0.3) is 0 Å². The van der Waals surface area contributed by atoms with E-state index in [1.807, 2.05) is 12.1 Å². The number of hydrogen-bond acceptors (Lipinski definition) is 5. The zero-order valence-electron chi connectivity index (χ0n) is 13.9. The van der Waals surface area contributed by atoms with E-state index in [0.29, 0.717) is 23.5 Å². The molecular weight excluding hydrogens is 300 g/mol. The molecule has 1 aromatic rings. The Kier molecular flexibility index (Phi) is 7.31. The molecule has 0 fully saturated rings. The Morgan fingerprint density at radius 1 is 1.17 bits per heavy atom. The highest BCUT2D eigenvalue weighted by molar-refractivity contribution is 5.70. The van der Waals surface area contributed by atoms with E-state index in [1.54, 1.807) is 12.1 Å². The van der Waals surface area contributed by atoms with Crippen molar-refractivity contribution in [1.29, 1.82) is 0 Å². The molecule has 0 aromatic heterocycles. The third-order valence-corrected chi connectivity index (χ3v) is 3.70. The normalized spacial score (nSPS) is 10.9. The molecule has 0 atom stereocenters. The van der Waals surface area contributed by atoms with Gasteiger partial charge in [-0.05, 0) is 41.9 Å². The van der Waals surface area contributed by atoms with Crippen molar-refractivity contribution in [1.82, 2.24) is 5.32 Å². The fourth-order valence-electron chi connectivity index (χ4n) is 2.49. The molecule has 0 radical (unpaired) electrons. The van der Waals surface area contributed by atoms with Crippen molar-refractivity contribution in [3.8, 4) is 5.75 Å². The highest BCUT2D eigenvalue weighted by Gasteiger charge is 2.17. The SMILES string of the molecule is CC(C)C(Cc1ccc(OC(=O)NCO[N+](=O)[O-])cc1)C(C)C.